The van der Waals surface area contributed by atoms with Crippen LogP contribution in [0.25, 0.3) is 0 Å². The van der Waals surface area contributed by atoms with Crippen molar-refractivity contribution in [3.8, 4) is 0 Å². The molecule has 0 unspecified atom stereocenters. The van der Waals surface area contributed by atoms with Gasteiger partial charge in [0.15, 0.2) is 5.82 Å². The molecule has 1 aliphatic carbocycles. The van der Waals surface area contributed by atoms with Crippen molar-refractivity contribution in [2.75, 3.05) is 6.61 Å². The smallest absolute Gasteiger partial charge is 0.252 e. The van der Waals surface area contributed by atoms with E-state index in [1.807, 2.05) is 0 Å². The van der Waals surface area contributed by atoms with Gasteiger partial charge in [-0.25, -0.2) is 0 Å². The molecule has 19 heavy (non-hydrogen) atoms. The third-order valence-corrected chi connectivity index (χ3v) is 4.06. The maximum absolute atomic E-state index is 6.44. The fourth-order valence-corrected chi connectivity index (χ4v) is 2.64. The Morgan fingerprint density at radius 2 is 2.11 bits per heavy atom. The summed E-state index contributed by atoms with van der Waals surface area (Å²) < 4.78 is 10.6. The van der Waals surface area contributed by atoms with E-state index in [9.17, 15) is 0 Å². The quantitative estimate of drug-likeness (QED) is 0.802. The van der Waals surface area contributed by atoms with Crippen LogP contribution >= 0.6 is 0 Å². The van der Waals surface area contributed by atoms with Gasteiger partial charge in [-0.15, -0.1) is 0 Å². The monoisotopic (exact) mass is 267 g/mol. The molecule has 1 saturated carbocycles. The number of aromatic nitrogens is 2. The average molecular weight is 267 g/mol. The molecule has 0 aliphatic heterocycles. The van der Waals surface area contributed by atoms with Crippen LogP contribution in [0, 0.1) is 5.92 Å². The normalized spacial score (nSPS) is 27.6. The summed E-state index contributed by atoms with van der Waals surface area (Å²) in [6, 6.07) is 0. The van der Waals surface area contributed by atoms with Crippen LogP contribution in [0.3, 0.4) is 0 Å². The Morgan fingerprint density at radius 1 is 1.37 bits per heavy atom. The largest absolute Gasteiger partial charge is 0.372 e. The van der Waals surface area contributed by atoms with E-state index >= 15 is 0 Å². The zero-order valence-corrected chi connectivity index (χ0v) is 12.0. The van der Waals surface area contributed by atoms with Crippen LogP contribution in [-0.2, 0) is 16.9 Å². The van der Waals surface area contributed by atoms with Gasteiger partial charge in [-0.2, -0.15) is 4.98 Å². The summed E-state index contributed by atoms with van der Waals surface area (Å²) in [4.78, 5) is 4.40. The van der Waals surface area contributed by atoms with Gasteiger partial charge in [0.25, 0.3) is 5.89 Å². The molecular formula is C14H25N3O2. The summed E-state index contributed by atoms with van der Waals surface area (Å²) in [7, 11) is 0. The van der Waals surface area contributed by atoms with E-state index in [-0.39, 0.29) is 0 Å². The number of rotatable bonds is 6. The zero-order chi connectivity index (χ0) is 13.7. The molecule has 0 bridgehead atoms. The molecule has 0 saturated heterocycles. The van der Waals surface area contributed by atoms with Crippen molar-refractivity contribution >= 4 is 0 Å². The third kappa shape index (κ3) is 3.54. The van der Waals surface area contributed by atoms with E-state index in [1.165, 1.54) is 6.42 Å². The summed E-state index contributed by atoms with van der Waals surface area (Å²) >= 11 is 0. The highest BCUT2D eigenvalue weighted by molar-refractivity contribution is 5.05. The van der Waals surface area contributed by atoms with E-state index in [0.29, 0.717) is 24.9 Å². The lowest BCUT2D eigenvalue weighted by molar-refractivity contribution is 0.0981. The lowest BCUT2D eigenvalue weighted by Crippen LogP contribution is -2.41. The van der Waals surface area contributed by atoms with E-state index in [1.54, 1.807) is 0 Å². The average Bonchev–Trinajstić information content (AvgIpc) is 2.90. The van der Waals surface area contributed by atoms with E-state index in [0.717, 1.165) is 38.0 Å². The third-order valence-electron chi connectivity index (χ3n) is 4.06. The highest BCUT2D eigenvalue weighted by Gasteiger charge is 2.36. The van der Waals surface area contributed by atoms with Crippen molar-refractivity contribution in [1.29, 1.82) is 0 Å². The van der Waals surface area contributed by atoms with Crippen LogP contribution in [-0.4, -0.2) is 16.7 Å². The topological polar surface area (TPSA) is 74.2 Å². The van der Waals surface area contributed by atoms with Crippen LogP contribution in [0.15, 0.2) is 4.52 Å². The molecule has 108 valence electrons. The van der Waals surface area contributed by atoms with Crippen LogP contribution in [0.2, 0.25) is 0 Å². The number of ether oxygens (including phenoxy) is 1. The molecule has 0 spiro atoms. The van der Waals surface area contributed by atoms with Crippen LogP contribution in [0.4, 0.5) is 0 Å². The van der Waals surface area contributed by atoms with Crippen molar-refractivity contribution in [1.82, 2.24) is 10.1 Å². The lowest BCUT2D eigenvalue weighted by Gasteiger charge is -2.34. The second-order valence-electron chi connectivity index (χ2n) is 5.57. The van der Waals surface area contributed by atoms with Gasteiger partial charge in [0.05, 0.1) is 5.54 Å². The summed E-state index contributed by atoms with van der Waals surface area (Å²) in [6.45, 7) is 5.41. The highest BCUT2D eigenvalue weighted by atomic mass is 16.5. The Kier molecular flexibility index (Phi) is 4.93. The summed E-state index contributed by atoms with van der Waals surface area (Å²) in [5.74, 6) is 1.99. The highest BCUT2D eigenvalue weighted by Crippen LogP contribution is 2.37. The van der Waals surface area contributed by atoms with Crippen molar-refractivity contribution in [2.45, 2.75) is 64.5 Å². The van der Waals surface area contributed by atoms with Gasteiger partial charge in [-0.05, 0) is 38.0 Å². The van der Waals surface area contributed by atoms with E-state index in [2.05, 4.69) is 24.0 Å². The summed E-state index contributed by atoms with van der Waals surface area (Å²) in [5.41, 5.74) is 6.04. The first-order valence-corrected chi connectivity index (χ1v) is 7.37. The standard InChI is InChI=1S/C14H25N3O2/c1-3-9-18-10-12-16-13(17-19-12)14(15)7-5-11(4-2)6-8-14/h11H,3-10,15H2,1-2H3. The number of hydrogen-bond donors (Lipinski definition) is 1. The molecule has 2 N–H and O–H groups in total. The minimum atomic E-state index is -0.405. The van der Waals surface area contributed by atoms with Crippen molar-refractivity contribution in [3.05, 3.63) is 11.7 Å². The minimum absolute atomic E-state index is 0.383. The Bertz CT molecular complexity index is 384. The van der Waals surface area contributed by atoms with E-state index < -0.39 is 5.54 Å². The number of nitrogens with zero attached hydrogens (tertiary/aromatic N) is 2. The first-order valence-electron chi connectivity index (χ1n) is 7.37. The van der Waals surface area contributed by atoms with Crippen molar-refractivity contribution in [3.63, 3.8) is 0 Å². The molecular weight excluding hydrogens is 242 g/mol. The molecule has 5 nitrogen and oxygen atoms in total. The number of hydrogen-bond acceptors (Lipinski definition) is 5. The molecule has 1 heterocycles. The maximum atomic E-state index is 6.44. The molecule has 0 atom stereocenters. The molecule has 2 rings (SSSR count). The molecule has 1 aromatic rings. The number of nitrogens with two attached hydrogens (primary N) is 1. The van der Waals surface area contributed by atoms with Gasteiger partial charge in [0.2, 0.25) is 0 Å². The van der Waals surface area contributed by atoms with Gasteiger partial charge in [-0.3, -0.25) is 0 Å². The first kappa shape index (κ1) is 14.5. The lowest BCUT2D eigenvalue weighted by atomic mass is 9.76. The van der Waals surface area contributed by atoms with E-state index in [4.69, 9.17) is 15.0 Å². The predicted octanol–water partition coefficient (Wildman–Crippen LogP) is 2.75. The van der Waals surface area contributed by atoms with Gasteiger partial charge < -0.3 is 15.0 Å². The Balaban J connectivity index is 1.94. The first-order chi connectivity index (χ1) is 9.18. The molecule has 0 radical (unpaired) electrons. The minimum Gasteiger partial charge on any atom is -0.372 e. The Morgan fingerprint density at radius 3 is 2.74 bits per heavy atom. The van der Waals surface area contributed by atoms with Gasteiger partial charge in [0, 0.05) is 6.61 Å². The van der Waals surface area contributed by atoms with Crippen molar-refractivity contribution < 1.29 is 9.26 Å². The maximum Gasteiger partial charge on any atom is 0.252 e. The molecule has 1 aliphatic rings. The molecule has 0 aromatic carbocycles. The molecule has 5 heteroatoms. The van der Waals surface area contributed by atoms with Gasteiger partial charge in [-0.1, -0.05) is 25.4 Å². The van der Waals surface area contributed by atoms with Gasteiger partial charge in [0.1, 0.15) is 6.61 Å². The second kappa shape index (κ2) is 6.48. The molecule has 1 fully saturated rings. The summed E-state index contributed by atoms with van der Waals surface area (Å²) in [6.07, 6.45) is 6.42. The Hall–Kier alpha value is -0.940. The Labute approximate surface area is 114 Å². The van der Waals surface area contributed by atoms with Crippen LogP contribution in [0.5, 0.6) is 0 Å². The predicted molar refractivity (Wildman–Crippen MR) is 72.4 cm³/mol. The van der Waals surface area contributed by atoms with Gasteiger partial charge >= 0.3 is 0 Å². The van der Waals surface area contributed by atoms with Crippen LogP contribution in [0.1, 0.15) is 64.1 Å². The fourth-order valence-electron chi connectivity index (χ4n) is 2.64. The second-order valence-corrected chi connectivity index (χ2v) is 5.57. The fraction of sp³-hybridized carbons (Fsp3) is 0.857. The molecule has 1 aromatic heterocycles. The SMILES string of the molecule is CCCOCc1nc(C2(N)CCC(CC)CC2)no1. The van der Waals surface area contributed by atoms with Crippen LogP contribution < -0.4 is 5.73 Å². The molecule has 0 amide bonds. The zero-order valence-electron chi connectivity index (χ0n) is 12.0. The van der Waals surface area contributed by atoms with Crippen molar-refractivity contribution in [2.24, 2.45) is 11.7 Å². The summed E-state index contributed by atoms with van der Waals surface area (Å²) in [5, 5.41) is 4.05.